The third-order valence-electron chi connectivity index (χ3n) is 2.71. The Bertz CT molecular complexity index is 424. The van der Waals surface area contributed by atoms with Crippen molar-refractivity contribution in [1.82, 2.24) is 5.32 Å². The summed E-state index contributed by atoms with van der Waals surface area (Å²) in [6, 6.07) is 0.283. The van der Waals surface area contributed by atoms with Crippen LogP contribution in [0.4, 0.5) is 22.0 Å². The van der Waals surface area contributed by atoms with Gasteiger partial charge in [-0.05, 0) is 13.0 Å². The largest absolute Gasteiger partial charge is 0.497 e. The van der Waals surface area contributed by atoms with Crippen molar-refractivity contribution in [3.63, 3.8) is 0 Å². The van der Waals surface area contributed by atoms with E-state index in [2.05, 4.69) is 10.1 Å². The van der Waals surface area contributed by atoms with Crippen LogP contribution in [0.2, 0.25) is 0 Å². The van der Waals surface area contributed by atoms with Crippen molar-refractivity contribution in [3.05, 3.63) is 29.3 Å². The van der Waals surface area contributed by atoms with Gasteiger partial charge in [0.25, 0.3) is 0 Å². The molecule has 0 aliphatic heterocycles. The van der Waals surface area contributed by atoms with E-state index in [1.807, 2.05) is 0 Å². The SMILES string of the molecule is CCCNC(CC(F)(F)F)c1c(F)cc(OC)cc1F. The Labute approximate surface area is 113 Å². The van der Waals surface area contributed by atoms with Gasteiger partial charge in [-0.3, -0.25) is 0 Å². The van der Waals surface area contributed by atoms with Crippen LogP contribution in [0.5, 0.6) is 5.75 Å². The molecule has 0 spiro atoms. The molecule has 0 aliphatic carbocycles. The van der Waals surface area contributed by atoms with Crippen LogP contribution in [0.15, 0.2) is 12.1 Å². The highest BCUT2D eigenvalue weighted by molar-refractivity contribution is 5.32. The van der Waals surface area contributed by atoms with Gasteiger partial charge in [0.05, 0.1) is 13.5 Å². The van der Waals surface area contributed by atoms with Gasteiger partial charge in [0.1, 0.15) is 17.4 Å². The number of methoxy groups -OCH3 is 1. The van der Waals surface area contributed by atoms with E-state index in [-0.39, 0.29) is 12.3 Å². The fourth-order valence-electron chi connectivity index (χ4n) is 1.84. The lowest BCUT2D eigenvalue weighted by atomic mass is 10.0. The molecule has 20 heavy (non-hydrogen) atoms. The second kappa shape index (κ2) is 6.88. The van der Waals surface area contributed by atoms with Crippen LogP contribution < -0.4 is 10.1 Å². The molecule has 7 heteroatoms. The first-order valence-corrected chi connectivity index (χ1v) is 6.11. The van der Waals surface area contributed by atoms with E-state index in [1.54, 1.807) is 6.92 Å². The van der Waals surface area contributed by atoms with Gasteiger partial charge in [0.2, 0.25) is 0 Å². The van der Waals surface area contributed by atoms with Crippen LogP contribution in [-0.4, -0.2) is 19.8 Å². The quantitative estimate of drug-likeness (QED) is 0.802. The molecule has 0 radical (unpaired) electrons. The fraction of sp³-hybridized carbons (Fsp3) is 0.538. The van der Waals surface area contributed by atoms with Gasteiger partial charge in [-0.1, -0.05) is 6.92 Å². The normalized spacial score (nSPS) is 13.3. The molecule has 1 aromatic rings. The standard InChI is InChI=1S/C13H16F5NO/c1-3-4-19-11(7-13(16,17)18)12-9(14)5-8(20-2)6-10(12)15/h5-6,11,19H,3-4,7H2,1-2H3. The van der Waals surface area contributed by atoms with Crippen LogP contribution in [0, 0.1) is 11.6 Å². The number of rotatable bonds is 6. The first-order chi connectivity index (χ1) is 9.28. The summed E-state index contributed by atoms with van der Waals surface area (Å²) in [7, 11) is 1.22. The molecule has 0 saturated carbocycles. The topological polar surface area (TPSA) is 21.3 Å². The maximum atomic E-state index is 13.8. The van der Waals surface area contributed by atoms with E-state index in [9.17, 15) is 22.0 Å². The van der Waals surface area contributed by atoms with Crippen molar-refractivity contribution >= 4 is 0 Å². The molecule has 2 nitrogen and oxygen atoms in total. The maximum absolute atomic E-state index is 13.8. The molecule has 0 amide bonds. The molecule has 0 heterocycles. The van der Waals surface area contributed by atoms with E-state index in [0.29, 0.717) is 6.42 Å². The lowest BCUT2D eigenvalue weighted by Crippen LogP contribution is -2.29. The Balaban J connectivity index is 3.12. The van der Waals surface area contributed by atoms with E-state index in [1.165, 1.54) is 7.11 Å². The van der Waals surface area contributed by atoms with Gasteiger partial charge in [-0.2, -0.15) is 13.2 Å². The first-order valence-electron chi connectivity index (χ1n) is 6.11. The highest BCUT2D eigenvalue weighted by Crippen LogP contribution is 2.33. The molecule has 1 rings (SSSR count). The lowest BCUT2D eigenvalue weighted by molar-refractivity contribution is -0.140. The van der Waals surface area contributed by atoms with Crippen molar-refractivity contribution < 1.29 is 26.7 Å². The lowest BCUT2D eigenvalue weighted by Gasteiger charge is -2.22. The number of alkyl halides is 3. The third kappa shape index (κ3) is 4.63. The van der Waals surface area contributed by atoms with E-state index in [4.69, 9.17) is 0 Å². The highest BCUT2D eigenvalue weighted by Gasteiger charge is 2.35. The molecule has 1 N–H and O–H groups in total. The van der Waals surface area contributed by atoms with Crippen molar-refractivity contribution in [3.8, 4) is 5.75 Å². The summed E-state index contributed by atoms with van der Waals surface area (Å²) >= 11 is 0. The van der Waals surface area contributed by atoms with E-state index < -0.39 is 35.8 Å². The molecule has 0 fully saturated rings. The summed E-state index contributed by atoms with van der Waals surface area (Å²) in [5.41, 5.74) is -0.614. The van der Waals surface area contributed by atoms with Crippen molar-refractivity contribution in [1.29, 1.82) is 0 Å². The summed E-state index contributed by atoms with van der Waals surface area (Å²) in [6.45, 7) is 1.98. The molecule has 0 saturated heterocycles. The van der Waals surface area contributed by atoms with Crippen molar-refractivity contribution in [2.24, 2.45) is 0 Å². The van der Waals surface area contributed by atoms with Crippen LogP contribution in [0.1, 0.15) is 31.4 Å². The van der Waals surface area contributed by atoms with E-state index >= 15 is 0 Å². The summed E-state index contributed by atoms with van der Waals surface area (Å²) in [5.74, 6) is -2.19. The molecule has 0 bridgehead atoms. The van der Waals surface area contributed by atoms with Gasteiger partial charge in [0, 0.05) is 23.7 Å². The Morgan fingerprint density at radius 3 is 2.15 bits per heavy atom. The molecular formula is C13H16F5NO. The van der Waals surface area contributed by atoms with Crippen LogP contribution in [0.25, 0.3) is 0 Å². The van der Waals surface area contributed by atoms with E-state index in [0.717, 1.165) is 12.1 Å². The number of hydrogen-bond donors (Lipinski definition) is 1. The molecule has 114 valence electrons. The second-order valence-electron chi connectivity index (χ2n) is 4.33. The zero-order chi connectivity index (χ0) is 15.3. The zero-order valence-corrected chi connectivity index (χ0v) is 11.2. The minimum atomic E-state index is -4.52. The number of hydrogen-bond acceptors (Lipinski definition) is 2. The van der Waals surface area contributed by atoms with Crippen LogP contribution in [-0.2, 0) is 0 Å². The first kappa shape index (κ1) is 16.7. The highest BCUT2D eigenvalue weighted by atomic mass is 19.4. The maximum Gasteiger partial charge on any atom is 0.390 e. The van der Waals surface area contributed by atoms with Crippen LogP contribution >= 0.6 is 0 Å². The minimum Gasteiger partial charge on any atom is -0.497 e. The molecular weight excluding hydrogens is 281 g/mol. The van der Waals surface area contributed by atoms with Gasteiger partial charge in [0.15, 0.2) is 0 Å². The molecule has 1 atom stereocenters. The number of halogens is 5. The summed E-state index contributed by atoms with van der Waals surface area (Å²) < 4.78 is 69.9. The number of nitrogens with one attached hydrogen (secondary N) is 1. The number of benzene rings is 1. The Hall–Kier alpha value is -1.37. The van der Waals surface area contributed by atoms with Gasteiger partial charge < -0.3 is 10.1 Å². The summed E-state index contributed by atoms with van der Waals surface area (Å²) in [5, 5.41) is 2.52. The predicted molar refractivity (Wildman–Crippen MR) is 64.6 cm³/mol. The Morgan fingerprint density at radius 2 is 1.75 bits per heavy atom. The molecule has 0 aromatic heterocycles. The van der Waals surface area contributed by atoms with Gasteiger partial charge in [-0.25, -0.2) is 8.78 Å². The summed E-state index contributed by atoms with van der Waals surface area (Å²) in [6.07, 6.45) is -5.31. The average molecular weight is 297 g/mol. The van der Waals surface area contributed by atoms with Crippen molar-refractivity contribution in [2.75, 3.05) is 13.7 Å². The average Bonchev–Trinajstić information content (AvgIpc) is 2.32. The Morgan fingerprint density at radius 1 is 1.20 bits per heavy atom. The zero-order valence-electron chi connectivity index (χ0n) is 11.2. The van der Waals surface area contributed by atoms with Crippen LogP contribution in [0.3, 0.4) is 0 Å². The fourth-order valence-corrected chi connectivity index (χ4v) is 1.84. The molecule has 0 aliphatic rings. The predicted octanol–water partition coefficient (Wildman–Crippen LogP) is 3.97. The monoisotopic (exact) mass is 297 g/mol. The minimum absolute atomic E-state index is 0.0787. The Kier molecular flexibility index (Phi) is 5.74. The summed E-state index contributed by atoms with van der Waals surface area (Å²) in [4.78, 5) is 0. The number of ether oxygens (including phenoxy) is 1. The second-order valence-corrected chi connectivity index (χ2v) is 4.33. The van der Waals surface area contributed by atoms with Gasteiger partial charge >= 0.3 is 6.18 Å². The molecule has 1 aromatic carbocycles. The van der Waals surface area contributed by atoms with Crippen molar-refractivity contribution in [2.45, 2.75) is 32.0 Å². The smallest absolute Gasteiger partial charge is 0.390 e. The molecule has 1 unspecified atom stereocenters. The third-order valence-corrected chi connectivity index (χ3v) is 2.71. The van der Waals surface area contributed by atoms with Gasteiger partial charge in [-0.15, -0.1) is 0 Å².